The highest BCUT2D eigenvalue weighted by atomic mass is 32.2. The second kappa shape index (κ2) is 7.90. The second-order valence-electron chi connectivity index (χ2n) is 6.15. The van der Waals surface area contributed by atoms with Crippen molar-refractivity contribution in [2.45, 2.75) is 6.10 Å². The standard InChI is InChI=1S/C16H25N3O4S/c20-16(15-4-2-1-3-5-15)14-17-6-8-18(9-7-17)24(21,22)19-10-12-23-13-11-19/h1-5,16,20H,6-14H2/t16-/m1/s1. The predicted octanol–water partition coefficient (Wildman–Crippen LogP) is -0.0854. The molecule has 2 fully saturated rings. The number of aliphatic hydroxyl groups excluding tert-OH is 1. The molecule has 2 heterocycles. The summed E-state index contributed by atoms with van der Waals surface area (Å²) in [4.78, 5) is 2.11. The van der Waals surface area contributed by atoms with E-state index in [1.54, 1.807) is 4.31 Å². The van der Waals surface area contributed by atoms with Gasteiger partial charge in [-0.15, -0.1) is 0 Å². The van der Waals surface area contributed by atoms with E-state index in [0.29, 0.717) is 59.0 Å². The van der Waals surface area contributed by atoms with Gasteiger partial charge in [-0.1, -0.05) is 30.3 Å². The van der Waals surface area contributed by atoms with Crippen LogP contribution in [-0.2, 0) is 14.9 Å². The van der Waals surface area contributed by atoms with Gasteiger partial charge in [0.05, 0.1) is 19.3 Å². The van der Waals surface area contributed by atoms with Crippen LogP contribution in [-0.4, -0.2) is 86.1 Å². The molecule has 0 bridgehead atoms. The largest absolute Gasteiger partial charge is 0.387 e. The van der Waals surface area contributed by atoms with Crippen LogP contribution >= 0.6 is 0 Å². The van der Waals surface area contributed by atoms with E-state index in [4.69, 9.17) is 4.74 Å². The fourth-order valence-electron chi connectivity index (χ4n) is 3.11. The molecule has 0 amide bonds. The zero-order valence-electron chi connectivity index (χ0n) is 13.7. The lowest BCUT2D eigenvalue weighted by molar-refractivity contribution is 0.0655. The number of aliphatic hydroxyl groups is 1. The van der Waals surface area contributed by atoms with Crippen molar-refractivity contribution in [3.8, 4) is 0 Å². The van der Waals surface area contributed by atoms with Crippen LogP contribution in [0, 0.1) is 0 Å². The first-order valence-corrected chi connectivity index (χ1v) is 9.75. The third-order valence-corrected chi connectivity index (χ3v) is 6.60. The van der Waals surface area contributed by atoms with Crippen molar-refractivity contribution in [3.05, 3.63) is 35.9 Å². The van der Waals surface area contributed by atoms with E-state index in [0.717, 1.165) is 5.56 Å². The lowest BCUT2D eigenvalue weighted by Gasteiger charge is -2.38. The van der Waals surface area contributed by atoms with Crippen molar-refractivity contribution in [1.29, 1.82) is 0 Å². The molecule has 0 unspecified atom stereocenters. The van der Waals surface area contributed by atoms with Gasteiger partial charge in [-0.2, -0.15) is 17.0 Å². The topological polar surface area (TPSA) is 73.3 Å². The lowest BCUT2D eigenvalue weighted by atomic mass is 10.1. The fraction of sp³-hybridized carbons (Fsp3) is 0.625. The Hall–Kier alpha value is -1.03. The highest BCUT2D eigenvalue weighted by Crippen LogP contribution is 2.17. The number of ether oxygens (including phenoxy) is 1. The summed E-state index contributed by atoms with van der Waals surface area (Å²) in [6.07, 6.45) is -0.548. The van der Waals surface area contributed by atoms with Crippen LogP contribution in [0.15, 0.2) is 30.3 Å². The molecule has 0 aromatic heterocycles. The maximum atomic E-state index is 12.6. The molecule has 2 aliphatic rings. The van der Waals surface area contributed by atoms with Crippen LogP contribution < -0.4 is 0 Å². The molecule has 1 N–H and O–H groups in total. The first-order chi connectivity index (χ1) is 11.6. The number of morpholine rings is 1. The van der Waals surface area contributed by atoms with Gasteiger partial charge in [0.2, 0.25) is 0 Å². The summed E-state index contributed by atoms with van der Waals surface area (Å²) in [6, 6.07) is 9.55. The minimum Gasteiger partial charge on any atom is -0.387 e. The Kier molecular flexibility index (Phi) is 5.85. The first-order valence-electron chi connectivity index (χ1n) is 8.36. The van der Waals surface area contributed by atoms with E-state index >= 15 is 0 Å². The van der Waals surface area contributed by atoms with Gasteiger partial charge in [0.1, 0.15) is 0 Å². The minimum absolute atomic E-state index is 0.426. The summed E-state index contributed by atoms with van der Waals surface area (Å²) in [6.45, 7) is 4.48. The summed E-state index contributed by atoms with van der Waals surface area (Å²) in [7, 11) is -3.39. The zero-order valence-corrected chi connectivity index (χ0v) is 14.6. The van der Waals surface area contributed by atoms with Crippen LogP contribution in [0.2, 0.25) is 0 Å². The van der Waals surface area contributed by atoms with Crippen LogP contribution in [0.3, 0.4) is 0 Å². The molecule has 1 atom stereocenters. The Balaban J connectivity index is 1.52. The predicted molar refractivity (Wildman–Crippen MR) is 90.7 cm³/mol. The molecule has 134 valence electrons. The average Bonchev–Trinajstić information content (AvgIpc) is 2.63. The SMILES string of the molecule is O=S(=O)(N1CCOCC1)N1CCN(C[C@@H](O)c2ccccc2)CC1. The van der Waals surface area contributed by atoms with Crippen LogP contribution in [0.4, 0.5) is 0 Å². The number of rotatable bonds is 5. The summed E-state index contributed by atoms with van der Waals surface area (Å²) in [5, 5.41) is 10.3. The van der Waals surface area contributed by atoms with Gasteiger partial charge in [-0.3, -0.25) is 4.90 Å². The lowest BCUT2D eigenvalue weighted by Crippen LogP contribution is -2.55. The monoisotopic (exact) mass is 355 g/mol. The molecule has 1 aromatic carbocycles. The van der Waals surface area contributed by atoms with Crippen molar-refractivity contribution in [2.75, 3.05) is 59.0 Å². The van der Waals surface area contributed by atoms with Crippen molar-refractivity contribution >= 4 is 10.2 Å². The van der Waals surface area contributed by atoms with Crippen molar-refractivity contribution in [2.24, 2.45) is 0 Å². The van der Waals surface area contributed by atoms with E-state index < -0.39 is 16.3 Å². The van der Waals surface area contributed by atoms with Crippen LogP contribution in [0.25, 0.3) is 0 Å². The molecule has 1 aromatic rings. The molecular formula is C16H25N3O4S. The van der Waals surface area contributed by atoms with Crippen molar-refractivity contribution in [3.63, 3.8) is 0 Å². The van der Waals surface area contributed by atoms with Gasteiger partial charge in [-0.05, 0) is 5.56 Å². The Labute approximate surface area is 143 Å². The Bertz CT molecular complexity index is 611. The van der Waals surface area contributed by atoms with E-state index in [1.807, 2.05) is 30.3 Å². The molecule has 24 heavy (non-hydrogen) atoms. The molecular weight excluding hydrogens is 330 g/mol. The third-order valence-electron chi connectivity index (χ3n) is 4.57. The van der Waals surface area contributed by atoms with Crippen molar-refractivity contribution < 1.29 is 18.3 Å². The Morgan fingerprint density at radius 1 is 0.958 bits per heavy atom. The molecule has 2 aliphatic heterocycles. The zero-order chi connectivity index (χ0) is 17.0. The number of hydrogen-bond donors (Lipinski definition) is 1. The summed E-state index contributed by atoms with van der Waals surface area (Å²) >= 11 is 0. The minimum atomic E-state index is -3.39. The highest BCUT2D eigenvalue weighted by Gasteiger charge is 2.33. The van der Waals surface area contributed by atoms with Gasteiger partial charge in [0.15, 0.2) is 0 Å². The molecule has 2 saturated heterocycles. The number of β-amino-alcohol motifs (C(OH)–C–C–N with tert-alkyl or cyclic N) is 1. The van der Waals surface area contributed by atoms with Gasteiger partial charge in [0.25, 0.3) is 10.2 Å². The number of benzene rings is 1. The van der Waals surface area contributed by atoms with Gasteiger partial charge >= 0.3 is 0 Å². The average molecular weight is 355 g/mol. The molecule has 0 aliphatic carbocycles. The van der Waals surface area contributed by atoms with Crippen molar-refractivity contribution in [1.82, 2.24) is 13.5 Å². The van der Waals surface area contributed by atoms with E-state index in [2.05, 4.69) is 4.90 Å². The third kappa shape index (κ3) is 4.14. The van der Waals surface area contributed by atoms with E-state index in [9.17, 15) is 13.5 Å². The van der Waals surface area contributed by atoms with Crippen LogP contribution in [0.5, 0.6) is 0 Å². The second-order valence-corrected chi connectivity index (χ2v) is 8.07. The van der Waals surface area contributed by atoms with Crippen LogP contribution in [0.1, 0.15) is 11.7 Å². The molecule has 3 rings (SSSR count). The van der Waals surface area contributed by atoms with E-state index in [-0.39, 0.29) is 0 Å². The quantitative estimate of drug-likeness (QED) is 0.799. The summed E-state index contributed by atoms with van der Waals surface area (Å²) in [5.41, 5.74) is 0.890. The Morgan fingerprint density at radius 2 is 1.54 bits per heavy atom. The number of hydrogen-bond acceptors (Lipinski definition) is 5. The fourth-order valence-corrected chi connectivity index (χ4v) is 4.67. The number of piperazine rings is 1. The van der Waals surface area contributed by atoms with E-state index in [1.165, 1.54) is 4.31 Å². The van der Waals surface area contributed by atoms with Gasteiger partial charge in [-0.25, -0.2) is 0 Å². The summed E-state index contributed by atoms with van der Waals surface area (Å²) in [5.74, 6) is 0. The normalized spacial score (nSPS) is 23.2. The first kappa shape index (κ1) is 17.8. The highest BCUT2D eigenvalue weighted by molar-refractivity contribution is 7.86. The smallest absolute Gasteiger partial charge is 0.282 e. The molecule has 0 saturated carbocycles. The molecule has 0 spiro atoms. The molecule has 0 radical (unpaired) electrons. The number of nitrogens with zero attached hydrogens (tertiary/aromatic N) is 3. The molecule has 8 heteroatoms. The maximum Gasteiger partial charge on any atom is 0.282 e. The van der Waals surface area contributed by atoms with Gasteiger partial charge in [0, 0.05) is 45.8 Å². The maximum absolute atomic E-state index is 12.6. The molecule has 7 nitrogen and oxygen atoms in total. The van der Waals surface area contributed by atoms with Gasteiger partial charge < -0.3 is 9.84 Å². The summed E-state index contributed by atoms with van der Waals surface area (Å²) < 4.78 is 33.5. The Morgan fingerprint density at radius 3 is 2.17 bits per heavy atom.